The molecule has 0 aliphatic carbocycles. The molecule has 4 N–H and O–H groups in total. The minimum atomic E-state index is -1.09. The van der Waals surface area contributed by atoms with Crippen molar-refractivity contribution in [2.24, 2.45) is 5.73 Å². The third-order valence-corrected chi connectivity index (χ3v) is 2.79. The van der Waals surface area contributed by atoms with Crippen LogP contribution in [0.5, 0.6) is 0 Å². The van der Waals surface area contributed by atoms with Crippen LogP contribution in [0.1, 0.15) is 17.3 Å². The molecule has 0 heterocycles. The third kappa shape index (κ3) is 2.71. The summed E-state index contributed by atoms with van der Waals surface area (Å²) < 4.78 is 0. The van der Waals surface area contributed by atoms with Gasteiger partial charge in [0.2, 0.25) is 5.91 Å². The second-order valence-corrected chi connectivity index (χ2v) is 4.33. The Balaban J connectivity index is 2.53. The number of anilines is 1. The van der Waals surface area contributed by atoms with E-state index in [0.717, 1.165) is 10.8 Å². The molecule has 5 nitrogen and oxygen atoms in total. The Morgan fingerprint density at radius 3 is 2.32 bits per heavy atom. The quantitative estimate of drug-likeness (QED) is 0.783. The first-order valence-corrected chi connectivity index (χ1v) is 5.81. The molecule has 1 amide bonds. The number of nitrogens with one attached hydrogen (secondary N) is 1. The Labute approximate surface area is 110 Å². The highest BCUT2D eigenvalue weighted by molar-refractivity contribution is 6.06. The van der Waals surface area contributed by atoms with Crippen molar-refractivity contribution >= 4 is 28.3 Å². The maximum Gasteiger partial charge on any atom is 0.337 e. The van der Waals surface area contributed by atoms with E-state index < -0.39 is 17.9 Å². The van der Waals surface area contributed by atoms with E-state index >= 15 is 0 Å². The van der Waals surface area contributed by atoms with Gasteiger partial charge in [-0.15, -0.1) is 0 Å². The molecule has 0 aromatic heterocycles. The molecule has 2 aromatic carbocycles. The zero-order chi connectivity index (χ0) is 14.0. The summed E-state index contributed by atoms with van der Waals surface area (Å²) in [7, 11) is 0. The molecule has 0 fully saturated rings. The highest BCUT2D eigenvalue weighted by Gasteiger charge is 2.15. The number of hydrogen-bond acceptors (Lipinski definition) is 3. The number of carbonyl (C=O) groups is 2. The highest BCUT2D eigenvalue weighted by atomic mass is 16.4. The first kappa shape index (κ1) is 13.0. The van der Waals surface area contributed by atoms with E-state index in [4.69, 9.17) is 5.73 Å². The van der Waals surface area contributed by atoms with E-state index in [1.165, 1.54) is 13.0 Å². The molecule has 0 spiro atoms. The fourth-order valence-corrected chi connectivity index (χ4v) is 1.77. The number of aromatic carboxylic acids is 1. The van der Waals surface area contributed by atoms with Crippen molar-refractivity contribution in [2.75, 3.05) is 5.32 Å². The predicted octanol–water partition coefficient (Wildman–Crippen LogP) is 1.82. The summed E-state index contributed by atoms with van der Waals surface area (Å²) in [5, 5.41) is 13.4. The number of hydrogen-bond donors (Lipinski definition) is 3. The summed E-state index contributed by atoms with van der Waals surface area (Å²) in [4.78, 5) is 22.8. The SMILES string of the molecule is C[C@@H](N)C(=O)Nc1cc2ccccc2cc1C(=O)O. The van der Waals surface area contributed by atoms with Crippen molar-refractivity contribution in [1.29, 1.82) is 0 Å². The number of amides is 1. The molecule has 0 unspecified atom stereocenters. The van der Waals surface area contributed by atoms with Crippen molar-refractivity contribution < 1.29 is 14.7 Å². The first-order chi connectivity index (χ1) is 8.99. The van der Waals surface area contributed by atoms with Gasteiger partial charge in [0.15, 0.2) is 0 Å². The second-order valence-electron chi connectivity index (χ2n) is 4.33. The summed E-state index contributed by atoms with van der Waals surface area (Å²) in [6, 6.07) is 9.82. The van der Waals surface area contributed by atoms with Crippen molar-refractivity contribution in [3.8, 4) is 0 Å². The molecule has 0 saturated carbocycles. The van der Waals surface area contributed by atoms with Gasteiger partial charge in [-0.1, -0.05) is 24.3 Å². The number of carboxylic acids is 1. The zero-order valence-electron chi connectivity index (χ0n) is 10.4. The lowest BCUT2D eigenvalue weighted by molar-refractivity contribution is -0.117. The van der Waals surface area contributed by atoms with E-state index in [9.17, 15) is 14.7 Å². The molecular weight excluding hydrogens is 244 g/mol. The molecule has 0 bridgehead atoms. The van der Waals surface area contributed by atoms with Gasteiger partial charge in [0.25, 0.3) is 0 Å². The highest BCUT2D eigenvalue weighted by Crippen LogP contribution is 2.24. The Morgan fingerprint density at radius 1 is 1.21 bits per heavy atom. The van der Waals surface area contributed by atoms with E-state index in [-0.39, 0.29) is 11.3 Å². The summed E-state index contributed by atoms with van der Waals surface area (Å²) in [6.07, 6.45) is 0. The van der Waals surface area contributed by atoms with Crippen LogP contribution >= 0.6 is 0 Å². The third-order valence-electron chi connectivity index (χ3n) is 2.79. The van der Waals surface area contributed by atoms with Crippen LogP contribution in [0.15, 0.2) is 36.4 Å². The van der Waals surface area contributed by atoms with Crippen LogP contribution < -0.4 is 11.1 Å². The molecule has 1 atom stereocenters. The summed E-state index contributed by atoms with van der Waals surface area (Å²) in [5.41, 5.74) is 5.77. The van der Waals surface area contributed by atoms with Crippen LogP contribution in [0.25, 0.3) is 10.8 Å². The van der Waals surface area contributed by atoms with Crippen LogP contribution in [0.2, 0.25) is 0 Å². The number of carbonyl (C=O) groups excluding carboxylic acids is 1. The van der Waals surface area contributed by atoms with E-state index in [1.54, 1.807) is 6.07 Å². The topological polar surface area (TPSA) is 92.4 Å². The van der Waals surface area contributed by atoms with Crippen LogP contribution in [0, 0.1) is 0 Å². The van der Waals surface area contributed by atoms with Gasteiger partial charge < -0.3 is 16.2 Å². The predicted molar refractivity (Wildman–Crippen MR) is 73.2 cm³/mol. The second kappa shape index (κ2) is 5.07. The maximum absolute atomic E-state index is 11.6. The fraction of sp³-hybridized carbons (Fsp3) is 0.143. The first-order valence-electron chi connectivity index (χ1n) is 5.81. The lowest BCUT2D eigenvalue weighted by Crippen LogP contribution is -2.33. The van der Waals surface area contributed by atoms with Gasteiger partial charge in [-0.2, -0.15) is 0 Å². The largest absolute Gasteiger partial charge is 0.478 e. The van der Waals surface area contributed by atoms with Gasteiger partial charge in [-0.25, -0.2) is 4.79 Å². The molecular formula is C14H14N2O3. The van der Waals surface area contributed by atoms with Crippen LogP contribution in [-0.4, -0.2) is 23.0 Å². The zero-order valence-corrected chi connectivity index (χ0v) is 10.4. The molecule has 19 heavy (non-hydrogen) atoms. The number of rotatable bonds is 3. The van der Waals surface area contributed by atoms with Crippen molar-refractivity contribution in [1.82, 2.24) is 0 Å². The minimum Gasteiger partial charge on any atom is -0.478 e. The van der Waals surface area contributed by atoms with Crippen LogP contribution in [0.4, 0.5) is 5.69 Å². The van der Waals surface area contributed by atoms with Crippen molar-refractivity contribution in [2.45, 2.75) is 13.0 Å². The van der Waals surface area contributed by atoms with Crippen LogP contribution in [0.3, 0.4) is 0 Å². The Kier molecular flexibility index (Phi) is 3.48. The van der Waals surface area contributed by atoms with Gasteiger partial charge in [0, 0.05) is 0 Å². The average molecular weight is 258 g/mol. The van der Waals surface area contributed by atoms with Crippen LogP contribution in [-0.2, 0) is 4.79 Å². The minimum absolute atomic E-state index is 0.0488. The summed E-state index contributed by atoms with van der Waals surface area (Å²) >= 11 is 0. The standard InChI is InChI=1S/C14H14N2O3/c1-8(15)13(17)16-12-7-10-5-3-2-4-9(10)6-11(12)14(18)19/h2-8H,15H2,1H3,(H,16,17)(H,18,19)/t8-/m1/s1. The summed E-state index contributed by atoms with van der Waals surface area (Å²) in [6.45, 7) is 1.54. The molecule has 0 radical (unpaired) electrons. The molecule has 0 aliphatic heterocycles. The van der Waals surface area contributed by atoms with E-state index in [0.29, 0.717) is 0 Å². The van der Waals surface area contributed by atoms with Gasteiger partial charge >= 0.3 is 5.97 Å². The van der Waals surface area contributed by atoms with E-state index in [1.807, 2.05) is 24.3 Å². The number of nitrogens with two attached hydrogens (primary N) is 1. The van der Waals surface area contributed by atoms with Gasteiger partial charge in [-0.05, 0) is 29.8 Å². The smallest absolute Gasteiger partial charge is 0.337 e. The Bertz CT molecular complexity index is 650. The summed E-state index contributed by atoms with van der Waals surface area (Å²) in [5.74, 6) is -1.51. The average Bonchev–Trinajstić information content (AvgIpc) is 2.37. The molecule has 2 aromatic rings. The van der Waals surface area contributed by atoms with Gasteiger partial charge in [0.1, 0.15) is 0 Å². The number of carboxylic acid groups (broad SMARTS) is 1. The van der Waals surface area contributed by atoms with Gasteiger partial charge in [-0.3, -0.25) is 4.79 Å². The Morgan fingerprint density at radius 2 is 1.79 bits per heavy atom. The maximum atomic E-state index is 11.6. The fourth-order valence-electron chi connectivity index (χ4n) is 1.77. The number of fused-ring (bicyclic) bond motifs is 1. The lowest BCUT2D eigenvalue weighted by Gasteiger charge is -2.11. The Hall–Kier alpha value is -2.40. The lowest BCUT2D eigenvalue weighted by atomic mass is 10.0. The van der Waals surface area contributed by atoms with Gasteiger partial charge in [0.05, 0.1) is 17.3 Å². The molecule has 98 valence electrons. The molecule has 0 saturated heterocycles. The normalized spacial score (nSPS) is 12.1. The molecule has 5 heteroatoms. The number of benzene rings is 2. The molecule has 2 rings (SSSR count). The van der Waals surface area contributed by atoms with Crippen molar-refractivity contribution in [3.05, 3.63) is 42.0 Å². The van der Waals surface area contributed by atoms with E-state index in [2.05, 4.69) is 5.32 Å². The monoisotopic (exact) mass is 258 g/mol. The molecule has 0 aliphatic rings. The van der Waals surface area contributed by atoms with Crippen molar-refractivity contribution in [3.63, 3.8) is 0 Å².